The van der Waals surface area contributed by atoms with Crippen LogP contribution in [0.3, 0.4) is 0 Å². The Hall–Kier alpha value is -3.19. The van der Waals surface area contributed by atoms with Gasteiger partial charge in [-0.05, 0) is 29.4 Å². The average molecular weight is 445 g/mol. The highest BCUT2D eigenvalue weighted by Crippen LogP contribution is 2.49. The first-order chi connectivity index (χ1) is 16.1. The second-order valence-corrected chi connectivity index (χ2v) is 9.50. The molecule has 2 fully saturated rings. The minimum absolute atomic E-state index is 0.0306. The number of hydrogen-bond acceptors (Lipinski definition) is 4. The molecule has 0 saturated carbocycles. The summed E-state index contributed by atoms with van der Waals surface area (Å²) < 4.78 is 2.07. The van der Waals surface area contributed by atoms with Crippen LogP contribution in [0.4, 0.5) is 4.79 Å². The summed E-state index contributed by atoms with van der Waals surface area (Å²) in [4.78, 5) is 17.4. The molecular weight excluding hydrogens is 412 g/mol. The average Bonchev–Trinajstić information content (AvgIpc) is 3.42. The smallest absolute Gasteiger partial charge is 0.317 e. The number of urea groups is 1. The number of piperidine rings is 1. The molecule has 2 amide bonds. The largest absolute Gasteiger partial charge is 0.334 e. The number of likely N-dealkylation sites (tertiary alicyclic amines) is 2. The summed E-state index contributed by atoms with van der Waals surface area (Å²) in [6.45, 7) is 5.05. The van der Waals surface area contributed by atoms with Crippen LogP contribution in [-0.2, 0) is 20.1 Å². The number of carbonyl (C=O) groups is 1. The predicted molar refractivity (Wildman–Crippen MR) is 127 cm³/mol. The van der Waals surface area contributed by atoms with E-state index in [0.717, 1.165) is 57.0 Å². The molecule has 2 aromatic carbocycles. The van der Waals surface area contributed by atoms with E-state index in [1.165, 1.54) is 5.56 Å². The third kappa shape index (κ3) is 4.64. The molecule has 0 radical (unpaired) electrons. The van der Waals surface area contributed by atoms with Gasteiger partial charge in [-0.1, -0.05) is 60.7 Å². The Morgan fingerprint density at radius 2 is 1.70 bits per heavy atom. The molecular formula is C26H32N6O. The topological polar surface area (TPSA) is 66.3 Å². The molecule has 172 valence electrons. The van der Waals surface area contributed by atoms with Crippen molar-refractivity contribution in [3.63, 3.8) is 0 Å². The lowest BCUT2D eigenvalue weighted by Gasteiger charge is -2.42. The van der Waals surface area contributed by atoms with Crippen molar-refractivity contribution in [2.24, 2.45) is 12.5 Å². The van der Waals surface area contributed by atoms with Gasteiger partial charge in [-0.25, -0.2) is 4.79 Å². The van der Waals surface area contributed by atoms with Crippen molar-refractivity contribution >= 4 is 6.03 Å². The van der Waals surface area contributed by atoms with Crippen molar-refractivity contribution in [3.05, 3.63) is 83.9 Å². The third-order valence-electron chi connectivity index (χ3n) is 7.36. The highest BCUT2D eigenvalue weighted by molar-refractivity contribution is 5.74. The minimum Gasteiger partial charge on any atom is -0.334 e. The summed E-state index contributed by atoms with van der Waals surface area (Å²) in [6.07, 6.45) is 3.76. The molecule has 1 atom stereocenters. The second-order valence-electron chi connectivity index (χ2n) is 9.50. The van der Waals surface area contributed by atoms with Crippen molar-refractivity contribution in [2.75, 3.05) is 26.2 Å². The van der Waals surface area contributed by atoms with Crippen LogP contribution >= 0.6 is 0 Å². The Bertz CT molecular complexity index is 1060. The van der Waals surface area contributed by atoms with Gasteiger partial charge in [-0.15, -0.1) is 10.2 Å². The Morgan fingerprint density at radius 3 is 2.33 bits per heavy atom. The number of hydrogen-bond donors (Lipinski definition) is 1. The van der Waals surface area contributed by atoms with Gasteiger partial charge in [-0.2, -0.15) is 0 Å². The van der Waals surface area contributed by atoms with Gasteiger partial charge in [0.25, 0.3) is 0 Å². The lowest BCUT2D eigenvalue weighted by atomic mass is 9.70. The van der Waals surface area contributed by atoms with Gasteiger partial charge in [0.2, 0.25) is 0 Å². The summed E-state index contributed by atoms with van der Waals surface area (Å²) in [5.74, 6) is 1.38. The van der Waals surface area contributed by atoms with Crippen molar-refractivity contribution in [1.82, 2.24) is 29.9 Å². The Labute approximate surface area is 195 Å². The fourth-order valence-corrected chi connectivity index (χ4v) is 5.54. The normalized spacial score (nSPS) is 20.3. The van der Waals surface area contributed by atoms with E-state index in [0.29, 0.717) is 12.5 Å². The SMILES string of the molecule is Cn1cnnc1C1CN(Cc2ccccc2)CC12CCN(C(=O)NCc1ccccc1)CC2. The lowest BCUT2D eigenvalue weighted by Crippen LogP contribution is -2.49. The van der Waals surface area contributed by atoms with Crippen molar-refractivity contribution < 1.29 is 4.79 Å². The lowest BCUT2D eigenvalue weighted by molar-refractivity contribution is 0.106. The van der Waals surface area contributed by atoms with Crippen LogP contribution in [0.15, 0.2) is 67.0 Å². The number of nitrogens with one attached hydrogen (secondary N) is 1. The maximum absolute atomic E-state index is 12.8. The van der Waals surface area contributed by atoms with E-state index in [1.54, 1.807) is 6.33 Å². The molecule has 3 aromatic rings. The Kier molecular flexibility index (Phi) is 6.13. The van der Waals surface area contributed by atoms with Gasteiger partial charge in [0, 0.05) is 52.2 Å². The zero-order valence-electron chi connectivity index (χ0n) is 19.2. The molecule has 0 aliphatic carbocycles. The van der Waals surface area contributed by atoms with Crippen LogP contribution in [0, 0.1) is 5.41 Å². The van der Waals surface area contributed by atoms with E-state index >= 15 is 0 Å². The molecule has 7 heteroatoms. The van der Waals surface area contributed by atoms with E-state index in [1.807, 2.05) is 42.3 Å². The van der Waals surface area contributed by atoms with Crippen LogP contribution in [0.5, 0.6) is 0 Å². The standard InChI is InChI=1S/C26H32N6O/c1-30-20-28-29-24(30)23-18-31(17-22-10-6-3-7-11-22)19-26(23)12-14-32(15-13-26)25(33)27-16-21-8-4-2-5-9-21/h2-11,20,23H,12-19H2,1H3,(H,27,33). The summed E-state index contributed by atoms with van der Waals surface area (Å²) in [5, 5.41) is 11.8. The molecule has 2 aliphatic heterocycles. The second kappa shape index (κ2) is 9.35. The first kappa shape index (κ1) is 21.6. The third-order valence-corrected chi connectivity index (χ3v) is 7.36. The maximum Gasteiger partial charge on any atom is 0.317 e. The van der Waals surface area contributed by atoms with Crippen molar-refractivity contribution in [2.45, 2.75) is 31.8 Å². The summed E-state index contributed by atoms with van der Waals surface area (Å²) in [7, 11) is 2.04. The van der Waals surface area contributed by atoms with E-state index in [4.69, 9.17) is 0 Å². The van der Waals surface area contributed by atoms with Gasteiger partial charge in [0.15, 0.2) is 0 Å². The van der Waals surface area contributed by atoms with Crippen LogP contribution in [0.2, 0.25) is 0 Å². The summed E-state index contributed by atoms with van der Waals surface area (Å²) in [6, 6.07) is 20.8. The molecule has 1 unspecified atom stereocenters. The number of rotatable bonds is 5. The molecule has 3 heterocycles. The summed E-state index contributed by atoms with van der Waals surface area (Å²) >= 11 is 0. The molecule has 1 N–H and O–H groups in total. The number of benzene rings is 2. The van der Waals surface area contributed by atoms with Crippen LogP contribution in [0.1, 0.15) is 35.7 Å². The van der Waals surface area contributed by atoms with Crippen LogP contribution in [-0.4, -0.2) is 56.8 Å². The van der Waals surface area contributed by atoms with Gasteiger partial charge in [0.1, 0.15) is 12.2 Å². The molecule has 1 spiro atoms. The molecule has 33 heavy (non-hydrogen) atoms. The fraction of sp³-hybridized carbons (Fsp3) is 0.423. The number of amides is 2. The molecule has 7 nitrogen and oxygen atoms in total. The van der Waals surface area contributed by atoms with E-state index in [2.05, 4.69) is 55.3 Å². The van der Waals surface area contributed by atoms with Crippen molar-refractivity contribution in [3.8, 4) is 0 Å². The first-order valence-corrected chi connectivity index (χ1v) is 11.8. The minimum atomic E-state index is 0.0306. The number of carbonyl (C=O) groups excluding carboxylic acids is 1. The predicted octanol–water partition coefficient (Wildman–Crippen LogP) is 3.41. The van der Waals surface area contributed by atoms with Crippen LogP contribution in [0.25, 0.3) is 0 Å². The fourth-order valence-electron chi connectivity index (χ4n) is 5.54. The van der Waals surface area contributed by atoms with E-state index in [-0.39, 0.29) is 11.4 Å². The monoisotopic (exact) mass is 444 g/mol. The number of aromatic nitrogens is 3. The van der Waals surface area contributed by atoms with Gasteiger partial charge in [0.05, 0.1) is 0 Å². The van der Waals surface area contributed by atoms with E-state index < -0.39 is 0 Å². The highest BCUT2D eigenvalue weighted by Gasteiger charge is 2.50. The maximum atomic E-state index is 12.8. The molecule has 0 bridgehead atoms. The first-order valence-electron chi connectivity index (χ1n) is 11.8. The number of nitrogens with zero attached hydrogens (tertiary/aromatic N) is 5. The van der Waals surface area contributed by atoms with Gasteiger partial charge < -0.3 is 14.8 Å². The summed E-state index contributed by atoms with van der Waals surface area (Å²) in [5.41, 5.74) is 2.57. The van der Waals surface area contributed by atoms with Crippen molar-refractivity contribution in [1.29, 1.82) is 0 Å². The van der Waals surface area contributed by atoms with Gasteiger partial charge >= 0.3 is 6.03 Å². The Balaban J connectivity index is 1.26. The van der Waals surface area contributed by atoms with E-state index in [9.17, 15) is 4.79 Å². The quantitative estimate of drug-likeness (QED) is 0.655. The van der Waals surface area contributed by atoms with Crippen LogP contribution < -0.4 is 5.32 Å². The molecule has 1 aromatic heterocycles. The zero-order valence-corrected chi connectivity index (χ0v) is 19.2. The molecule has 5 rings (SSSR count). The highest BCUT2D eigenvalue weighted by atomic mass is 16.2. The number of aryl methyl sites for hydroxylation is 1. The Morgan fingerprint density at radius 1 is 1.03 bits per heavy atom. The van der Waals surface area contributed by atoms with Gasteiger partial charge in [-0.3, -0.25) is 4.90 Å². The molecule has 2 saturated heterocycles. The zero-order chi connectivity index (χ0) is 22.7. The molecule has 2 aliphatic rings.